The summed E-state index contributed by atoms with van der Waals surface area (Å²) in [6.45, 7) is 3.76. The maximum atomic E-state index is 13.0. The smallest absolute Gasteiger partial charge is 0.317 e. The van der Waals surface area contributed by atoms with Crippen LogP contribution in [0.4, 0.5) is 9.18 Å². The van der Waals surface area contributed by atoms with E-state index in [9.17, 15) is 14.0 Å². The molecular weight excluding hydrogens is 313 g/mol. The van der Waals surface area contributed by atoms with E-state index in [1.165, 1.54) is 18.2 Å². The maximum Gasteiger partial charge on any atom is 0.317 e. The lowest BCUT2D eigenvalue weighted by molar-refractivity contribution is -0.124. The minimum Gasteiger partial charge on any atom is -0.484 e. The fourth-order valence-corrected chi connectivity index (χ4v) is 2.55. The number of likely N-dealkylation sites (tertiary alicyclic amines) is 1. The molecule has 7 heteroatoms. The van der Waals surface area contributed by atoms with Crippen LogP contribution < -0.4 is 15.4 Å². The first-order valence-corrected chi connectivity index (χ1v) is 8.29. The lowest BCUT2D eigenvalue weighted by Gasteiger charge is -2.32. The highest BCUT2D eigenvalue weighted by Crippen LogP contribution is 2.13. The van der Waals surface area contributed by atoms with Crippen molar-refractivity contribution < 1.29 is 18.7 Å². The van der Waals surface area contributed by atoms with E-state index in [0.29, 0.717) is 38.2 Å². The molecule has 0 spiro atoms. The van der Waals surface area contributed by atoms with Crippen molar-refractivity contribution in [3.05, 3.63) is 30.1 Å². The summed E-state index contributed by atoms with van der Waals surface area (Å²) < 4.78 is 18.3. The lowest BCUT2D eigenvalue weighted by Crippen LogP contribution is -2.50. The fourth-order valence-electron chi connectivity index (χ4n) is 2.55. The van der Waals surface area contributed by atoms with E-state index in [1.807, 2.05) is 6.92 Å². The summed E-state index contributed by atoms with van der Waals surface area (Å²) in [5.41, 5.74) is 0. The largest absolute Gasteiger partial charge is 0.484 e. The van der Waals surface area contributed by atoms with Gasteiger partial charge in [0.15, 0.2) is 6.61 Å². The SMILES string of the molecule is CCCNC(=O)N1CCC(NC(=O)COc2cccc(F)c2)CC1. The Bertz CT molecular complexity index is 560. The van der Waals surface area contributed by atoms with Crippen molar-refractivity contribution in [2.75, 3.05) is 26.2 Å². The number of carbonyl (C=O) groups is 2. The average Bonchev–Trinajstić information content (AvgIpc) is 2.58. The van der Waals surface area contributed by atoms with Crippen LogP contribution >= 0.6 is 0 Å². The standard InChI is InChI=1S/C17H24FN3O3/c1-2-8-19-17(23)21-9-6-14(7-10-21)20-16(22)12-24-15-5-3-4-13(18)11-15/h3-5,11,14H,2,6-10,12H2,1H3,(H,19,23)(H,20,22). The predicted molar refractivity (Wildman–Crippen MR) is 88.3 cm³/mol. The number of hydrogen-bond acceptors (Lipinski definition) is 3. The molecule has 0 bridgehead atoms. The van der Waals surface area contributed by atoms with E-state index in [2.05, 4.69) is 10.6 Å². The molecular formula is C17H24FN3O3. The number of urea groups is 1. The van der Waals surface area contributed by atoms with Crippen LogP contribution in [0.2, 0.25) is 0 Å². The minimum atomic E-state index is -0.401. The Kier molecular flexibility index (Phi) is 6.84. The van der Waals surface area contributed by atoms with Gasteiger partial charge in [-0.3, -0.25) is 4.79 Å². The molecule has 0 saturated carbocycles. The predicted octanol–water partition coefficient (Wildman–Crippen LogP) is 1.90. The second kappa shape index (κ2) is 9.10. The zero-order chi connectivity index (χ0) is 17.4. The van der Waals surface area contributed by atoms with Gasteiger partial charge in [-0.15, -0.1) is 0 Å². The van der Waals surface area contributed by atoms with Crippen molar-refractivity contribution in [1.29, 1.82) is 0 Å². The number of ether oxygens (including phenoxy) is 1. The lowest BCUT2D eigenvalue weighted by atomic mass is 10.1. The first kappa shape index (κ1) is 18.0. The van der Waals surface area contributed by atoms with E-state index in [0.717, 1.165) is 6.42 Å². The van der Waals surface area contributed by atoms with Crippen molar-refractivity contribution in [3.63, 3.8) is 0 Å². The Morgan fingerprint density at radius 3 is 2.75 bits per heavy atom. The third-order valence-corrected chi connectivity index (χ3v) is 3.84. The third kappa shape index (κ3) is 5.72. The highest BCUT2D eigenvalue weighted by atomic mass is 19.1. The molecule has 24 heavy (non-hydrogen) atoms. The normalized spacial score (nSPS) is 15.0. The minimum absolute atomic E-state index is 0.0313. The van der Waals surface area contributed by atoms with Crippen LogP contribution in [0.3, 0.4) is 0 Å². The summed E-state index contributed by atoms with van der Waals surface area (Å²) in [4.78, 5) is 25.5. The number of halogens is 1. The first-order chi connectivity index (χ1) is 11.6. The maximum absolute atomic E-state index is 13.0. The second-order valence-electron chi connectivity index (χ2n) is 5.81. The van der Waals surface area contributed by atoms with Crippen LogP contribution in [-0.2, 0) is 4.79 Å². The number of nitrogens with zero attached hydrogens (tertiary/aromatic N) is 1. The zero-order valence-corrected chi connectivity index (χ0v) is 13.9. The molecule has 6 nitrogen and oxygen atoms in total. The van der Waals surface area contributed by atoms with Crippen LogP contribution in [0.5, 0.6) is 5.75 Å². The van der Waals surface area contributed by atoms with Crippen molar-refractivity contribution in [2.24, 2.45) is 0 Å². The van der Waals surface area contributed by atoms with Gasteiger partial charge in [0, 0.05) is 31.7 Å². The van der Waals surface area contributed by atoms with Gasteiger partial charge < -0.3 is 20.3 Å². The summed E-state index contributed by atoms with van der Waals surface area (Å²) in [7, 11) is 0. The summed E-state index contributed by atoms with van der Waals surface area (Å²) in [5, 5.41) is 5.74. The summed E-state index contributed by atoms with van der Waals surface area (Å²) in [5.74, 6) is -0.317. The Balaban J connectivity index is 1.67. The molecule has 1 aromatic carbocycles. The molecule has 1 aromatic rings. The van der Waals surface area contributed by atoms with Crippen LogP contribution in [0.1, 0.15) is 26.2 Å². The quantitative estimate of drug-likeness (QED) is 0.833. The van der Waals surface area contributed by atoms with Crippen LogP contribution in [0.25, 0.3) is 0 Å². The number of nitrogens with one attached hydrogen (secondary N) is 2. The molecule has 3 amide bonds. The molecule has 2 rings (SSSR count). The van der Waals surface area contributed by atoms with Gasteiger partial charge in [-0.25, -0.2) is 9.18 Å². The van der Waals surface area contributed by atoms with Gasteiger partial charge in [0.1, 0.15) is 11.6 Å². The van der Waals surface area contributed by atoms with Gasteiger partial charge in [-0.1, -0.05) is 13.0 Å². The molecule has 1 fully saturated rings. The molecule has 0 radical (unpaired) electrons. The number of amides is 3. The number of carbonyl (C=O) groups excluding carboxylic acids is 2. The molecule has 1 saturated heterocycles. The molecule has 0 aromatic heterocycles. The van der Waals surface area contributed by atoms with Crippen molar-refractivity contribution in [1.82, 2.24) is 15.5 Å². The van der Waals surface area contributed by atoms with Gasteiger partial charge >= 0.3 is 6.03 Å². The van der Waals surface area contributed by atoms with Gasteiger partial charge in [-0.2, -0.15) is 0 Å². The van der Waals surface area contributed by atoms with E-state index in [-0.39, 0.29) is 24.6 Å². The Labute approximate surface area is 141 Å². The van der Waals surface area contributed by atoms with Gasteiger partial charge in [0.2, 0.25) is 0 Å². The highest BCUT2D eigenvalue weighted by Gasteiger charge is 2.23. The Morgan fingerprint density at radius 2 is 2.08 bits per heavy atom. The molecule has 0 aliphatic carbocycles. The average molecular weight is 337 g/mol. The Hall–Kier alpha value is -2.31. The number of benzene rings is 1. The molecule has 132 valence electrons. The number of rotatable bonds is 6. The number of hydrogen-bond donors (Lipinski definition) is 2. The summed E-state index contributed by atoms with van der Waals surface area (Å²) >= 11 is 0. The molecule has 0 unspecified atom stereocenters. The van der Waals surface area contributed by atoms with Gasteiger partial charge in [0.25, 0.3) is 5.91 Å². The summed E-state index contributed by atoms with van der Waals surface area (Å²) in [6.07, 6.45) is 2.33. The first-order valence-electron chi connectivity index (χ1n) is 8.29. The van der Waals surface area contributed by atoms with E-state index in [1.54, 1.807) is 11.0 Å². The van der Waals surface area contributed by atoms with Crippen molar-refractivity contribution in [3.8, 4) is 5.75 Å². The molecule has 2 N–H and O–H groups in total. The van der Waals surface area contributed by atoms with Crippen molar-refractivity contribution in [2.45, 2.75) is 32.2 Å². The van der Waals surface area contributed by atoms with Crippen LogP contribution in [0.15, 0.2) is 24.3 Å². The van der Waals surface area contributed by atoms with Crippen LogP contribution in [-0.4, -0.2) is 49.1 Å². The monoisotopic (exact) mass is 337 g/mol. The van der Waals surface area contributed by atoms with Crippen molar-refractivity contribution >= 4 is 11.9 Å². The third-order valence-electron chi connectivity index (χ3n) is 3.84. The van der Waals surface area contributed by atoms with Gasteiger partial charge in [-0.05, 0) is 31.4 Å². The molecule has 1 heterocycles. The van der Waals surface area contributed by atoms with Crippen LogP contribution in [0, 0.1) is 5.82 Å². The Morgan fingerprint density at radius 1 is 1.33 bits per heavy atom. The molecule has 1 aliphatic rings. The number of piperidine rings is 1. The van der Waals surface area contributed by atoms with Gasteiger partial charge in [0.05, 0.1) is 0 Å². The summed E-state index contributed by atoms with van der Waals surface area (Å²) in [6, 6.07) is 5.67. The second-order valence-corrected chi connectivity index (χ2v) is 5.81. The fraction of sp³-hybridized carbons (Fsp3) is 0.529. The topological polar surface area (TPSA) is 70.7 Å². The van der Waals surface area contributed by atoms with E-state index < -0.39 is 5.82 Å². The highest BCUT2D eigenvalue weighted by molar-refractivity contribution is 5.78. The molecule has 1 aliphatic heterocycles. The zero-order valence-electron chi connectivity index (χ0n) is 13.9. The van der Waals surface area contributed by atoms with E-state index in [4.69, 9.17) is 4.74 Å². The molecule has 0 atom stereocenters. The van der Waals surface area contributed by atoms with E-state index >= 15 is 0 Å².